The summed E-state index contributed by atoms with van der Waals surface area (Å²) in [5.41, 5.74) is 8.91. The van der Waals surface area contributed by atoms with Crippen LogP contribution in [-0.2, 0) is 6.54 Å². The molecule has 1 aliphatic rings. The molecule has 0 fully saturated rings. The summed E-state index contributed by atoms with van der Waals surface area (Å²) < 4.78 is 5.87. The van der Waals surface area contributed by atoms with Crippen LogP contribution < -0.4 is 15.8 Å². The van der Waals surface area contributed by atoms with E-state index in [1.54, 1.807) is 6.20 Å². The van der Waals surface area contributed by atoms with Gasteiger partial charge >= 0.3 is 0 Å². The zero-order valence-corrected chi connectivity index (χ0v) is 11.6. The average Bonchev–Trinajstić information content (AvgIpc) is 2.80. The molecule has 1 aromatic carbocycles. The van der Waals surface area contributed by atoms with Crippen molar-refractivity contribution in [2.24, 2.45) is 0 Å². The number of hydrogen-bond acceptors (Lipinski definition) is 5. The Morgan fingerprint density at radius 3 is 2.95 bits per heavy atom. The molecule has 2 aromatic rings. The van der Waals surface area contributed by atoms with Crippen LogP contribution in [-0.4, -0.2) is 24.0 Å². The fraction of sp³-hybridized carbons (Fsp3) is 0.267. The van der Waals surface area contributed by atoms with Gasteiger partial charge in [0.05, 0.1) is 0 Å². The molecule has 1 unspecified atom stereocenters. The molecular formula is C15H18N4O. The van der Waals surface area contributed by atoms with Gasteiger partial charge < -0.3 is 20.7 Å². The van der Waals surface area contributed by atoms with E-state index in [0.717, 1.165) is 29.4 Å². The highest BCUT2D eigenvalue weighted by Crippen LogP contribution is 2.36. The smallest absolute Gasteiger partial charge is 0.197 e. The number of nitrogens with one attached hydrogen (secondary N) is 1. The molecule has 0 amide bonds. The molecule has 104 valence electrons. The predicted molar refractivity (Wildman–Crippen MR) is 79.5 cm³/mol. The quantitative estimate of drug-likeness (QED) is 0.837. The van der Waals surface area contributed by atoms with Crippen molar-refractivity contribution in [2.75, 3.05) is 25.1 Å². The van der Waals surface area contributed by atoms with Gasteiger partial charge in [0.25, 0.3) is 0 Å². The molecule has 0 aliphatic carbocycles. The van der Waals surface area contributed by atoms with Gasteiger partial charge in [-0.25, -0.2) is 4.98 Å². The van der Waals surface area contributed by atoms with Crippen LogP contribution in [0.25, 0.3) is 0 Å². The van der Waals surface area contributed by atoms with Crippen molar-refractivity contribution in [3.8, 4) is 5.75 Å². The Hall–Kier alpha value is -2.27. The van der Waals surface area contributed by atoms with E-state index in [2.05, 4.69) is 21.3 Å². The zero-order chi connectivity index (χ0) is 14.1. The average molecular weight is 270 g/mol. The van der Waals surface area contributed by atoms with Crippen molar-refractivity contribution < 1.29 is 4.74 Å². The number of pyridine rings is 1. The van der Waals surface area contributed by atoms with Gasteiger partial charge in [0.2, 0.25) is 0 Å². The van der Waals surface area contributed by atoms with Gasteiger partial charge in [-0.3, -0.25) is 0 Å². The number of fused-ring (bicyclic) bond motifs is 1. The fourth-order valence-electron chi connectivity index (χ4n) is 2.38. The number of nitrogens with two attached hydrogens (primary N) is 1. The molecule has 20 heavy (non-hydrogen) atoms. The van der Waals surface area contributed by atoms with Gasteiger partial charge in [0.1, 0.15) is 0 Å². The van der Waals surface area contributed by atoms with E-state index in [0.29, 0.717) is 0 Å². The fourth-order valence-corrected chi connectivity index (χ4v) is 2.38. The molecule has 5 heteroatoms. The van der Waals surface area contributed by atoms with Crippen molar-refractivity contribution in [2.45, 2.75) is 12.8 Å². The van der Waals surface area contributed by atoms with Crippen molar-refractivity contribution in [3.05, 3.63) is 47.7 Å². The number of anilines is 2. The van der Waals surface area contributed by atoms with Gasteiger partial charge in [-0.05, 0) is 50.0 Å². The number of nitrogen functional groups attached to an aromatic ring is 1. The van der Waals surface area contributed by atoms with Crippen LogP contribution >= 0.6 is 0 Å². The van der Waals surface area contributed by atoms with Gasteiger partial charge in [0, 0.05) is 24.0 Å². The van der Waals surface area contributed by atoms with Crippen molar-refractivity contribution in [1.29, 1.82) is 0 Å². The standard InChI is InChI=1S/C15H18N4O/c1-19(2)9-10-6-11(8-12(16)7-10)15-18-14-13(20-15)4-3-5-17-14/h3-8,15H,9,16H2,1-2H3,(H,17,18). The summed E-state index contributed by atoms with van der Waals surface area (Å²) in [7, 11) is 4.07. The highest BCUT2D eigenvalue weighted by atomic mass is 16.5. The number of rotatable bonds is 3. The normalized spacial score (nSPS) is 16.6. The van der Waals surface area contributed by atoms with Crippen LogP contribution in [0.3, 0.4) is 0 Å². The summed E-state index contributed by atoms with van der Waals surface area (Å²) in [6, 6.07) is 9.80. The highest BCUT2D eigenvalue weighted by molar-refractivity contribution is 5.56. The van der Waals surface area contributed by atoms with Crippen LogP contribution in [0.4, 0.5) is 11.5 Å². The Labute approximate surface area is 118 Å². The zero-order valence-electron chi connectivity index (χ0n) is 11.6. The van der Waals surface area contributed by atoms with E-state index in [9.17, 15) is 0 Å². The Morgan fingerprint density at radius 1 is 1.35 bits per heavy atom. The summed E-state index contributed by atoms with van der Waals surface area (Å²) in [5, 5.41) is 3.26. The van der Waals surface area contributed by atoms with Crippen molar-refractivity contribution in [1.82, 2.24) is 9.88 Å². The van der Waals surface area contributed by atoms with Crippen LogP contribution in [0.1, 0.15) is 17.4 Å². The Bertz CT molecular complexity index is 602. The molecule has 2 heterocycles. The first-order valence-electron chi connectivity index (χ1n) is 6.54. The molecule has 1 aromatic heterocycles. The maximum Gasteiger partial charge on any atom is 0.197 e. The second kappa shape index (κ2) is 5.02. The van der Waals surface area contributed by atoms with E-state index < -0.39 is 0 Å². The molecule has 0 radical (unpaired) electrons. The van der Waals surface area contributed by atoms with Crippen LogP contribution in [0.15, 0.2) is 36.5 Å². The minimum atomic E-state index is -0.232. The van der Waals surface area contributed by atoms with E-state index in [1.165, 1.54) is 5.56 Å². The van der Waals surface area contributed by atoms with E-state index in [1.807, 2.05) is 38.4 Å². The van der Waals surface area contributed by atoms with Crippen molar-refractivity contribution in [3.63, 3.8) is 0 Å². The molecule has 1 aliphatic heterocycles. The molecule has 3 rings (SSSR count). The predicted octanol–water partition coefficient (Wildman–Crippen LogP) is 2.23. The number of benzene rings is 1. The third kappa shape index (κ3) is 2.53. The van der Waals surface area contributed by atoms with E-state index in [-0.39, 0.29) is 6.23 Å². The monoisotopic (exact) mass is 270 g/mol. The Balaban J connectivity index is 1.87. The largest absolute Gasteiger partial charge is 0.463 e. The number of aromatic nitrogens is 1. The first-order valence-corrected chi connectivity index (χ1v) is 6.54. The molecule has 1 atom stereocenters. The Kier molecular flexibility index (Phi) is 3.20. The minimum absolute atomic E-state index is 0.232. The van der Waals surface area contributed by atoms with Gasteiger partial charge in [0.15, 0.2) is 17.8 Å². The number of hydrogen-bond donors (Lipinski definition) is 2. The maximum atomic E-state index is 5.99. The minimum Gasteiger partial charge on any atom is -0.463 e. The summed E-state index contributed by atoms with van der Waals surface area (Å²) >= 11 is 0. The van der Waals surface area contributed by atoms with Gasteiger partial charge in [-0.1, -0.05) is 0 Å². The van der Waals surface area contributed by atoms with Gasteiger partial charge in [-0.2, -0.15) is 0 Å². The first kappa shape index (κ1) is 12.7. The SMILES string of the molecule is CN(C)Cc1cc(N)cc(C2Nc3ncccc3O2)c1. The lowest BCUT2D eigenvalue weighted by molar-refractivity contribution is 0.259. The lowest BCUT2D eigenvalue weighted by atomic mass is 10.1. The van der Waals surface area contributed by atoms with Crippen molar-refractivity contribution >= 4 is 11.5 Å². The second-order valence-corrected chi connectivity index (χ2v) is 5.24. The summed E-state index contributed by atoms with van der Waals surface area (Å²) in [6.07, 6.45) is 1.51. The van der Waals surface area contributed by atoms with Gasteiger partial charge in [-0.15, -0.1) is 0 Å². The third-order valence-corrected chi connectivity index (χ3v) is 3.12. The molecule has 0 saturated heterocycles. The molecule has 3 N–H and O–H groups in total. The van der Waals surface area contributed by atoms with Crippen LogP contribution in [0, 0.1) is 0 Å². The van der Waals surface area contributed by atoms with E-state index >= 15 is 0 Å². The first-order chi connectivity index (χ1) is 9.61. The molecule has 5 nitrogen and oxygen atoms in total. The number of ether oxygens (including phenoxy) is 1. The lowest BCUT2D eigenvalue weighted by Crippen LogP contribution is -2.14. The summed E-state index contributed by atoms with van der Waals surface area (Å²) in [6.45, 7) is 0.843. The van der Waals surface area contributed by atoms with E-state index in [4.69, 9.17) is 10.5 Å². The number of nitrogens with zero attached hydrogens (tertiary/aromatic N) is 2. The second-order valence-electron chi connectivity index (χ2n) is 5.24. The molecular weight excluding hydrogens is 252 g/mol. The topological polar surface area (TPSA) is 63.4 Å². The Morgan fingerprint density at radius 2 is 2.20 bits per heavy atom. The molecule has 0 bridgehead atoms. The molecule has 0 spiro atoms. The molecule has 0 saturated carbocycles. The highest BCUT2D eigenvalue weighted by Gasteiger charge is 2.24. The maximum absolute atomic E-state index is 5.99. The summed E-state index contributed by atoms with van der Waals surface area (Å²) in [5.74, 6) is 1.54. The lowest BCUT2D eigenvalue weighted by Gasteiger charge is -2.16. The third-order valence-electron chi connectivity index (χ3n) is 3.12. The summed E-state index contributed by atoms with van der Waals surface area (Å²) in [4.78, 5) is 6.36. The van der Waals surface area contributed by atoms with Crippen LogP contribution in [0.5, 0.6) is 5.75 Å². The van der Waals surface area contributed by atoms with Crippen LogP contribution in [0.2, 0.25) is 0 Å².